The van der Waals surface area contributed by atoms with Gasteiger partial charge in [0.2, 0.25) is 0 Å². The zero-order valence-corrected chi connectivity index (χ0v) is 18.9. The van der Waals surface area contributed by atoms with Gasteiger partial charge in [-0.3, -0.25) is 5.01 Å². The lowest BCUT2D eigenvalue weighted by atomic mass is 10.1. The Morgan fingerprint density at radius 3 is 2.65 bits per heavy atom. The maximum absolute atomic E-state index is 12.0. The minimum Gasteiger partial charge on any atom is -0.496 e. The van der Waals surface area contributed by atoms with Crippen LogP contribution in [0.4, 0.5) is 10.5 Å². The number of rotatable bonds is 10. The number of hydrazine groups is 1. The standard InChI is InChI=1S/C23H32N4O4/c1-6-7-13-31-26-17(3)18-11-12-21(16(2)14-18)30-15-19-20(25-23(28)27(4)24)9-8-10-22(19)29-5/h8-12,14H,6-7,13,15,24H2,1-5H3,(H,25,28). The molecule has 2 rings (SSSR count). The van der Waals surface area contributed by atoms with E-state index in [1.54, 1.807) is 19.2 Å². The van der Waals surface area contributed by atoms with Crippen molar-refractivity contribution >= 4 is 17.4 Å². The number of nitrogens with zero attached hydrogens (tertiary/aromatic N) is 2. The van der Waals surface area contributed by atoms with Gasteiger partial charge in [-0.2, -0.15) is 0 Å². The molecule has 31 heavy (non-hydrogen) atoms. The molecule has 8 nitrogen and oxygen atoms in total. The molecule has 0 aliphatic heterocycles. The highest BCUT2D eigenvalue weighted by Crippen LogP contribution is 2.29. The van der Waals surface area contributed by atoms with E-state index < -0.39 is 6.03 Å². The van der Waals surface area contributed by atoms with Crippen LogP contribution in [0, 0.1) is 6.92 Å². The topological polar surface area (TPSA) is 98.4 Å². The molecule has 0 saturated heterocycles. The number of nitrogens with one attached hydrogen (secondary N) is 1. The fourth-order valence-corrected chi connectivity index (χ4v) is 2.82. The molecular weight excluding hydrogens is 396 g/mol. The summed E-state index contributed by atoms with van der Waals surface area (Å²) in [7, 11) is 3.04. The van der Waals surface area contributed by atoms with Crippen LogP contribution in [0.2, 0.25) is 0 Å². The lowest BCUT2D eigenvalue weighted by Crippen LogP contribution is -2.37. The summed E-state index contributed by atoms with van der Waals surface area (Å²) >= 11 is 0. The van der Waals surface area contributed by atoms with Crippen LogP contribution in [0.5, 0.6) is 11.5 Å². The van der Waals surface area contributed by atoms with E-state index in [2.05, 4.69) is 17.4 Å². The zero-order chi connectivity index (χ0) is 22.8. The Morgan fingerprint density at radius 2 is 2.00 bits per heavy atom. The Hall–Kier alpha value is -3.26. The number of methoxy groups -OCH3 is 1. The number of aryl methyl sites for hydroxylation is 1. The third kappa shape index (κ3) is 6.89. The van der Waals surface area contributed by atoms with E-state index in [9.17, 15) is 4.79 Å². The van der Waals surface area contributed by atoms with E-state index in [1.807, 2.05) is 38.1 Å². The van der Waals surface area contributed by atoms with E-state index in [1.165, 1.54) is 7.05 Å². The predicted octanol–water partition coefficient (Wildman–Crippen LogP) is 4.46. The number of carbonyl (C=O) groups is 1. The molecule has 0 aromatic heterocycles. The van der Waals surface area contributed by atoms with Gasteiger partial charge in [0, 0.05) is 7.05 Å². The van der Waals surface area contributed by atoms with Crippen molar-refractivity contribution in [1.82, 2.24) is 5.01 Å². The first kappa shape index (κ1) is 24.0. The number of nitrogens with two attached hydrogens (primary N) is 1. The molecule has 0 fully saturated rings. The molecule has 0 spiro atoms. The number of hydrogen-bond donors (Lipinski definition) is 2. The minimum atomic E-state index is -0.439. The van der Waals surface area contributed by atoms with Gasteiger partial charge >= 0.3 is 6.03 Å². The third-order valence-corrected chi connectivity index (χ3v) is 4.67. The van der Waals surface area contributed by atoms with Crippen LogP contribution in [0.3, 0.4) is 0 Å². The Morgan fingerprint density at radius 1 is 1.23 bits per heavy atom. The van der Waals surface area contributed by atoms with Gasteiger partial charge in [0.1, 0.15) is 24.7 Å². The van der Waals surface area contributed by atoms with E-state index in [0.29, 0.717) is 23.6 Å². The minimum absolute atomic E-state index is 0.210. The molecular formula is C23H32N4O4. The number of amides is 2. The number of urea groups is 1. The van der Waals surface area contributed by atoms with Crippen molar-refractivity contribution in [3.8, 4) is 11.5 Å². The Balaban J connectivity index is 2.15. The molecule has 0 saturated carbocycles. The molecule has 0 aliphatic carbocycles. The van der Waals surface area contributed by atoms with E-state index in [0.717, 1.165) is 40.4 Å². The average molecular weight is 429 g/mol. The maximum atomic E-state index is 12.0. The van der Waals surface area contributed by atoms with Crippen LogP contribution >= 0.6 is 0 Å². The largest absolute Gasteiger partial charge is 0.496 e. The molecule has 168 valence electrons. The summed E-state index contributed by atoms with van der Waals surface area (Å²) < 4.78 is 11.5. The fourth-order valence-electron chi connectivity index (χ4n) is 2.82. The van der Waals surface area contributed by atoms with Crippen molar-refractivity contribution < 1.29 is 19.1 Å². The van der Waals surface area contributed by atoms with E-state index in [4.69, 9.17) is 20.2 Å². The lowest BCUT2D eigenvalue weighted by molar-refractivity contribution is 0.141. The summed E-state index contributed by atoms with van der Waals surface area (Å²) in [6, 6.07) is 10.8. The van der Waals surface area contributed by atoms with E-state index in [-0.39, 0.29) is 6.61 Å². The molecule has 3 N–H and O–H groups in total. The Bertz CT molecular complexity index is 912. The number of unbranched alkanes of at least 4 members (excludes halogenated alkanes) is 1. The van der Waals surface area contributed by atoms with Gasteiger partial charge in [-0.05, 0) is 61.7 Å². The van der Waals surface area contributed by atoms with Gasteiger partial charge < -0.3 is 19.6 Å². The first-order valence-electron chi connectivity index (χ1n) is 10.2. The normalized spacial score (nSPS) is 11.1. The summed E-state index contributed by atoms with van der Waals surface area (Å²) in [5.74, 6) is 6.85. The summed E-state index contributed by atoms with van der Waals surface area (Å²) in [5.41, 5.74) is 4.03. The number of anilines is 1. The predicted molar refractivity (Wildman–Crippen MR) is 123 cm³/mol. The number of oxime groups is 1. The van der Waals surface area contributed by atoms with Crippen LogP contribution < -0.4 is 20.6 Å². The maximum Gasteiger partial charge on any atom is 0.335 e. The van der Waals surface area contributed by atoms with Crippen LogP contribution in [-0.4, -0.2) is 37.5 Å². The Kier molecular flexibility index (Phi) is 9.14. The second-order valence-corrected chi connectivity index (χ2v) is 7.16. The third-order valence-electron chi connectivity index (χ3n) is 4.67. The number of benzene rings is 2. The van der Waals surface area contributed by atoms with Crippen LogP contribution in [0.1, 0.15) is 43.4 Å². The molecule has 0 radical (unpaired) electrons. The molecule has 0 bridgehead atoms. The summed E-state index contributed by atoms with van der Waals surface area (Å²) in [4.78, 5) is 17.3. The van der Waals surface area contributed by atoms with Crippen molar-refractivity contribution in [2.24, 2.45) is 11.0 Å². The number of carbonyl (C=O) groups excluding carboxylic acids is 1. The van der Waals surface area contributed by atoms with Crippen LogP contribution in [-0.2, 0) is 11.4 Å². The van der Waals surface area contributed by atoms with Crippen molar-refractivity contribution in [3.63, 3.8) is 0 Å². The first-order chi connectivity index (χ1) is 14.9. The van der Waals surface area contributed by atoms with E-state index >= 15 is 0 Å². The zero-order valence-electron chi connectivity index (χ0n) is 18.9. The highest BCUT2D eigenvalue weighted by atomic mass is 16.6. The molecule has 2 aromatic carbocycles. The SMILES string of the molecule is CCCCON=C(C)c1ccc(OCc2c(NC(=O)N(C)N)cccc2OC)c(C)c1. The summed E-state index contributed by atoms with van der Waals surface area (Å²) in [5, 5.41) is 7.91. The van der Waals surface area contributed by atoms with Crippen molar-refractivity contribution in [2.75, 3.05) is 26.1 Å². The van der Waals surface area contributed by atoms with Crippen LogP contribution in [0.15, 0.2) is 41.6 Å². The summed E-state index contributed by atoms with van der Waals surface area (Å²) in [6.07, 6.45) is 2.05. The summed E-state index contributed by atoms with van der Waals surface area (Å²) in [6.45, 7) is 6.82. The van der Waals surface area contributed by atoms with Gasteiger partial charge in [-0.1, -0.05) is 24.6 Å². The molecule has 0 aliphatic rings. The first-order valence-corrected chi connectivity index (χ1v) is 10.2. The molecule has 0 heterocycles. The fraction of sp³-hybridized carbons (Fsp3) is 0.391. The smallest absolute Gasteiger partial charge is 0.335 e. The lowest BCUT2D eigenvalue weighted by Gasteiger charge is -2.18. The van der Waals surface area contributed by atoms with Crippen molar-refractivity contribution in [1.29, 1.82) is 0 Å². The second-order valence-electron chi connectivity index (χ2n) is 7.16. The molecule has 0 atom stereocenters. The molecule has 0 unspecified atom stereocenters. The second kappa shape index (κ2) is 11.8. The highest BCUT2D eigenvalue weighted by Gasteiger charge is 2.14. The molecule has 8 heteroatoms. The average Bonchev–Trinajstić information content (AvgIpc) is 2.76. The molecule has 2 aromatic rings. The van der Waals surface area contributed by atoms with Gasteiger partial charge in [-0.25, -0.2) is 10.6 Å². The Labute approximate surface area is 183 Å². The van der Waals surface area contributed by atoms with Crippen molar-refractivity contribution in [3.05, 3.63) is 53.1 Å². The van der Waals surface area contributed by atoms with Gasteiger partial charge in [-0.15, -0.1) is 0 Å². The van der Waals surface area contributed by atoms with Crippen LogP contribution in [0.25, 0.3) is 0 Å². The van der Waals surface area contributed by atoms with Gasteiger partial charge in [0.15, 0.2) is 0 Å². The number of hydrogen-bond acceptors (Lipinski definition) is 6. The molecule has 2 amide bonds. The van der Waals surface area contributed by atoms with Gasteiger partial charge in [0.25, 0.3) is 0 Å². The van der Waals surface area contributed by atoms with Crippen molar-refractivity contribution in [2.45, 2.75) is 40.2 Å². The quantitative estimate of drug-likeness (QED) is 0.191. The monoisotopic (exact) mass is 428 g/mol. The number of ether oxygens (including phenoxy) is 2. The highest BCUT2D eigenvalue weighted by molar-refractivity contribution is 5.98. The van der Waals surface area contributed by atoms with Gasteiger partial charge in [0.05, 0.1) is 24.1 Å².